The Morgan fingerprint density at radius 3 is 2.38 bits per heavy atom. The maximum Gasteiger partial charge on any atom is 0.393 e. The van der Waals surface area contributed by atoms with Crippen LogP contribution in [0.15, 0.2) is 24.3 Å². The zero-order valence-corrected chi connectivity index (χ0v) is 7.31. The predicted molar refractivity (Wildman–Crippen MR) is 45.0 cm³/mol. The first-order valence-electron chi connectivity index (χ1n) is 4.06. The van der Waals surface area contributed by atoms with Gasteiger partial charge in [0, 0.05) is 5.54 Å². The van der Waals surface area contributed by atoms with Gasteiger partial charge < -0.3 is 5.73 Å². The normalized spacial score (nSPS) is 30.5. The Hall–Kier alpha value is -0.770. The fraction of sp³-hybridized carbons (Fsp3) is 0.556. The lowest BCUT2D eigenvalue weighted by Crippen LogP contribution is -2.50. The second kappa shape index (κ2) is 3.18. The molecule has 0 radical (unpaired) electrons. The summed E-state index contributed by atoms with van der Waals surface area (Å²) in [4.78, 5) is 0. The minimum Gasteiger partial charge on any atom is -0.321 e. The molecule has 2 N–H and O–H groups in total. The van der Waals surface area contributed by atoms with Gasteiger partial charge in [-0.3, -0.25) is 0 Å². The van der Waals surface area contributed by atoms with Crippen molar-refractivity contribution in [3.05, 3.63) is 24.3 Å². The van der Waals surface area contributed by atoms with E-state index < -0.39 is 17.6 Å². The van der Waals surface area contributed by atoms with Gasteiger partial charge in [0.25, 0.3) is 0 Å². The molecule has 0 amide bonds. The third kappa shape index (κ3) is 2.12. The summed E-state index contributed by atoms with van der Waals surface area (Å²) in [5.41, 5.74) is 4.36. The summed E-state index contributed by atoms with van der Waals surface area (Å²) in [5.74, 6) is -1.51. The standard InChI is InChI=1S/C9H12F3N/c1-7(9(10,11)12)8(13)5-3-2-4-6-8/h2-5,7H,6,13H2,1H3. The van der Waals surface area contributed by atoms with Crippen LogP contribution in [0.3, 0.4) is 0 Å². The Balaban J connectivity index is 2.81. The van der Waals surface area contributed by atoms with Crippen LogP contribution in [-0.2, 0) is 0 Å². The lowest BCUT2D eigenvalue weighted by atomic mass is 9.80. The van der Waals surface area contributed by atoms with Crippen LogP contribution < -0.4 is 5.73 Å². The van der Waals surface area contributed by atoms with E-state index in [-0.39, 0.29) is 6.42 Å². The molecule has 1 aliphatic carbocycles. The van der Waals surface area contributed by atoms with E-state index in [1.807, 2.05) is 0 Å². The zero-order chi connectivity index (χ0) is 10.1. The number of alkyl halides is 3. The third-order valence-electron chi connectivity index (χ3n) is 2.42. The Labute approximate surface area is 75.1 Å². The Kier molecular flexibility index (Phi) is 2.52. The molecule has 2 unspecified atom stereocenters. The average molecular weight is 191 g/mol. The van der Waals surface area contributed by atoms with Crippen LogP contribution >= 0.6 is 0 Å². The number of allylic oxidation sites excluding steroid dienone is 2. The van der Waals surface area contributed by atoms with E-state index in [1.165, 1.54) is 6.08 Å². The van der Waals surface area contributed by atoms with Gasteiger partial charge in [0.2, 0.25) is 0 Å². The van der Waals surface area contributed by atoms with Gasteiger partial charge >= 0.3 is 6.18 Å². The van der Waals surface area contributed by atoms with Crippen molar-refractivity contribution < 1.29 is 13.2 Å². The Morgan fingerprint density at radius 2 is 2.00 bits per heavy atom. The van der Waals surface area contributed by atoms with E-state index in [9.17, 15) is 13.2 Å². The highest BCUT2D eigenvalue weighted by atomic mass is 19.4. The fourth-order valence-electron chi connectivity index (χ4n) is 1.28. The lowest BCUT2D eigenvalue weighted by molar-refractivity contribution is -0.182. The molecule has 2 atom stereocenters. The molecule has 0 bridgehead atoms. The first-order chi connectivity index (χ1) is 5.86. The second-order valence-corrected chi connectivity index (χ2v) is 3.37. The summed E-state index contributed by atoms with van der Waals surface area (Å²) in [5, 5.41) is 0. The quantitative estimate of drug-likeness (QED) is 0.676. The summed E-state index contributed by atoms with van der Waals surface area (Å²) in [7, 11) is 0. The molecule has 1 rings (SSSR count). The molecule has 0 saturated carbocycles. The van der Waals surface area contributed by atoms with Crippen molar-refractivity contribution in [3.8, 4) is 0 Å². The topological polar surface area (TPSA) is 26.0 Å². The smallest absolute Gasteiger partial charge is 0.321 e. The van der Waals surface area contributed by atoms with E-state index in [1.54, 1.807) is 18.2 Å². The van der Waals surface area contributed by atoms with Crippen LogP contribution in [0, 0.1) is 5.92 Å². The third-order valence-corrected chi connectivity index (χ3v) is 2.42. The molecule has 13 heavy (non-hydrogen) atoms. The summed E-state index contributed by atoms with van der Waals surface area (Å²) in [6.07, 6.45) is 2.35. The maximum absolute atomic E-state index is 12.3. The molecule has 4 heteroatoms. The van der Waals surface area contributed by atoms with Crippen LogP contribution in [0.25, 0.3) is 0 Å². The monoisotopic (exact) mass is 191 g/mol. The summed E-state index contributed by atoms with van der Waals surface area (Å²) >= 11 is 0. The Morgan fingerprint density at radius 1 is 1.38 bits per heavy atom. The van der Waals surface area contributed by atoms with E-state index in [4.69, 9.17) is 5.73 Å². The molecule has 0 saturated heterocycles. The van der Waals surface area contributed by atoms with Crippen molar-refractivity contribution >= 4 is 0 Å². The fourth-order valence-corrected chi connectivity index (χ4v) is 1.28. The highest BCUT2D eigenvalue weighted by Crippen LogP contribution is 2.36. The second-order valence-electron chi connectivity index (χ2n) is 3.37. The lowest BCUT2D eigenvalue weighted by Gasteiger charge is -2.34. The molecule has 0 aliphatic heterocycles. The minimum absolute atomic E-state index is 0.240. The highest BCUT2D eigenvalue weighted by Gasteiger charge is 2.47. The van der Waals surface area contributed by atoms with Crippen LogP contribution in [0.1, 0.15) is 13.3 Å². The van der Waals surface area contributed by atoms with E-state index in [2.05, 4.69) is 0 Å². The molecule has 0 fully saturated rings. The molecule has 74 valence electrons. The van der Waals surface area contributed by atoms with Gasteiger partial charge in [-0.25, -0.2) is 0 Å². The minimum atomic E-state index is -4.23. The Bertz CT molecular complexity index is 242. The number of hydrogen-bond acceptors (Lipinski definition) is 1. The zero-order valence-electron chi connectivity index (χ0n) is 7.31. The highest BCUT2D eigenvalue weighted by molar-refractivity contribution is 5.21. The summed E-state index contributed by atoms with van der Waals surface area (Å²) in [6, 6.07) is 0. The van der Waals surface area contributed by atoms with Gasteiger partial charge in [0.1, 0.15) is 0 Å². The molecule has 0 aromatic heterocycles. The van der Waals surface area contributed by atoms with Crippen molar-refractivity contribution in [2.45, 2.75) is 25.1 Å². The number of halogens is 3. The van der Waals surface area contributed by atoms with Gasteiger partial charge in [-0.05, 0) is 6.42 Å². The van der Waals surface area contributed by atoms with Crippen molar-refractivity contribution in [2.75, 3.05) is 0 Å². The molecule has 0 aromatic carbocycles. The van der Waals surface area contributed by atoms with E-state index in [0.717, 1.165) is 6.92 Å². The van der Waals surface area contributed by atoms with Crippen LogP contribution in [0.2, 0.25) is 0 Å². The molecule has 1 aliphatic rings. The van der Waals surface area contributed by atoms with Gasteiger partial charge in [0.05, 0.1) is 5.92 Å². The van der Waals surface area contributed by atoms with E-state index >= 15 is 0 Å². The van der Waals surface area contributed by atoms with E-state index in [0.29, 0.717) is 0 Å². The van der Waals surface area contributed by atoms with Gasteiger partial charge in [0.15, 0.2) is 0 Å². The van der Waals surface area contributed by atoms with Gasteiger partial charge in [-0.1, -0.05) is 31.2 Å². The molecule has 0 spiro atoms. The largest absolute Gasteiger partial charge is 0.393 e. The molecule has 1 nitrogen and oxygen atoms in total. The molecular formula is C9H12F3N. The van der Waals surface area contributed by atoms with Gasteiger partial charge in [-0.15, -0.1) is 0 Å². The maximum atomic E-state index is 12.3. The van der Waals surface area contributed by atoms with Crippen molar-refractivity contribution in [2.24, 2.45) is 11.7 Å². The van der Waals surface area contributed by atoms with Crippen molar-refractivity contribution in [1.82, 2.24) is 0 Å². The van der Waals surface area contributed by atoms with Crippen molar-refractivity contribution in [1.29, 1.82) is 0 Å². The summed E-state index contributed by atoms with van der Waals surface area (Å²) in [6.45, 7) is 1.11. The first-order valence-corrected chi connectivity index (χ1v) is 4.06. The average Bonchev–Trinajstić information content (AvgIpc) is 2.03. The first kappa shape index (κ1) is 10.3. The SMILES string of the molecule is CC(C(F)(F)F)C1(N)C=CC=CC1. The van der Waals surface area contributed by atoms with Crippen LogP contribution in [0.5, 0.6) is 0 Å². The van der Waals surface area contributed by atoms with Crippen molar-refractivity contribution in [3.63, 3.8) is 0 Å². The van der Waals surface area contributed by atoms with Crippen LogP contribution in [-0.4, -0.2) is 11.7 Å². The number of nitrogens with two attached hydrogens (primary N) is 1. The predicted octanol–water partition coefficient (Wildman–Crippen LogP) is 2.40. The number of rotatable bonds is 1. The molecule has 0 heterocycles. The van der Waals surface area contributed by atoms with Crippen LogP contribution in [0.4, 0.5) is 13.2 Å². The number of hydrogen-bond donors (Lipinski definition) is 1. The summed E-state index contributed by atoms with van der Waals surface area (Å²) < 4.78 is 37.0. The molecule has 0 aromatic rings. The van der Waals surface area contributed by atoms with Gasteiger partial charge in [-0.2, -0.15) is 13.2 Å². The molecular weight excluding hydrogens is 179 g/mol.